The lowest BCUT2D eigenvalue weighted by atomic mass is 10.2. The zero-order valence-electron chi connectivity index (χ0n) is 7.38. The van der Waals surface area contributed by atoms with Crippen molar-refractivity contribution in [1.82, 2.24) is 15.0 Å². The van der Waals surface area contributed by atoms with Crippen molar-refractivity contribution >= 4 is 22.9 Å². The number of hydrogen-bond donors (Lipinski definition) is 2. The molecule has 0 spiro atoms. The molecular weight excluding hydrogens is 216 g/mol. The van der Waals surface area contributed by atoms with Crippen LogP contribution < -0.4 is 11.3 Å². The van der Waals surface area contributed by atoms with Gasteiger partial charge in [-0.1, -0.05) is 10.6 Å². The third kappa shape index (κ3) is 2.16. The quantitative estimate of drug-likeness (QED) is 0.610. The van der Waals surface area contributed by atoms with Gasteiger partial charge in [0.05, 0.1) is 17.1 Å². The molecule has 0 aromatic carbocycles. The molecule has 2 aromatic rings. The number of aromatic nitrogens is 2. The van der Waals surface area contributed by atoms with Crippen LogP contribution in [0, 0.1) is 0 Å². The molecule has 74 valence electrons. The summed E-state index contributed by atoms with van der Waals surface area (Å²) in [4.78, 5) is 2.38. The normalized spacial score (nSPS) is 12.9. The molecule has 0 aliphatic heterocycles. The first kappa shape index (κ1) is 9.72. The van der Waals surface area contributed by atoms with Crippen LogP contribution in [0.4, 0.5) is 0 Å². The van der Waals surface area contributed by atoms with E-state index in [0.717, 1.165) is 11.3 Å². The van der Waals surface area contributed by atoms with Crippen molar-refractivity contribution in [2.24, 2.45) is 5.84 Å². The topological polar surface area (TPSA) is 63.8 Å². The van der Waals surface area contributed by atoms with E-state index < -0.39 is 0 Å². The Kier molecular flexibility index (Phi) is 3.20. The summed E-state index contributed by atoms with van der Waals surface area (Å²) in [6.45, 7) is 0. The van der Waals surface area contributed by atoms with Gasteiger partial charge in [0, 0.05) is 11.3 Å². The molecule has 2 aromatic heterocycles. The van der Waals surface area contributed by atoms with E-state index in [4.69, 9.17) is 5.84 Å². The molecule has 0 aliphatic rings. The highest BCUT2D eigenvalue weighted by atomic mass is 32.1. The summed E-state index contributed by atoms with van der Waals surface area (Å²) >= 11 is 3.11. The fourth-order valence-corrected chi connectivity index (χ4v) is 2.51. The first-order valence-corrected chi connectivity index (χ1v) is 5.81. The van der Waals surface area contributed by atoms with E-state index in [1.54, 1.807) is 17.5 Å². The standard InChI is InChI=1S/C8H10N4S2/c9-11-7(8-5-10-12-14-8)4-6-2-1-3-13-6/h1-3,5,7,11H,4,9H2. The molecule has 1 atom stereocenters. The van der Waals surface area contributed by atoms with Crippen LogP contribution in [0.15, 0.2) is 23.7 Å². The molecule has 2 heterocycles. The SMILES string of the molecule is NNC(Cc1cccs1)c1cnns1. The van der Waals surface area contributed by atoms with E-state index in [2.05, 4.69) is 26.5 Å². The zero-order valence-corrected chi connectivity index (χ0v) is 9.02. The lowest BCUT2D eigenvalue weighted by molar-refractivity contribution is 0.563. The molecule has 0 bridgehead atoms. The Morgan fingerprint density at radius 2 is 2.50 bits per heavy atom. The van der Waals surface area contributed by atoms with E-state index in [0.29, 0.717) is 0 Å². The highest BCUT2D eigenvalue weighted by Gasteiger charge is 2.13. The van der Waals surface area contributed by atoms with Gasteiger partial charge in [0.25, 0.3) is 0 Å². The Bertz CT molecular complexity index is 357. The maximum Gasteiger partial charge on any atom is 0.0670 e. The van der Waals surface area contributed by atoms with Gasteiger partial charge in [-0.25, -0.2) is 0 Å². The second-order valence-electron chi connectivity index (χ2n) is 2.82. The van der Waals surface area contributed by atoms with Gasteiger partial charge in [0.15, 0.2) is 0 Å². The lowest BCUT2D eigenvalue weighted by Crippen LogP contribution is -2.28. The molecule has 0 saturated heterocycles. The number of nitrogens with one attached hydrogen (secondary N) is 1. The second-order valence-corrected chi connectivity index (χ2v) is 4.67. The van der Waals surface area contributed by atoms with Crippen LogP contribution in [0.1, 0.15) is 15.8 Å². The minimum Gasteiger partial charge on any atom is -0.271 e. The van der Waals surface area contributed by atoms with Crippen molar-refractivity contribution in [1.29, 1.82) is 0 Å². The second kappa shape index (κ2) is 4.61. The smallest absolute Gasteiger partial charge is 0.0670 e. The minimum atomic E-state index is 0.119. The van der Waals surface area contributed by atoms with Gasteiger partial charge in [-0.2, -0.15) is 0 Å². The third-order valence-electron chi connectivity index (χ3n) is 1.91. The van der Waals surface area contributed by atoms with Crippen LogP contribution >= 0.6 is 22.9 Å². The number of hydrogen-bond acceptors (Lipinski definition) is 6. The lowest BCUT2D eigenvalue weighted by Gasteiger charge is -2.11. The van der Waals surface area contributed by atoms with Gasteiger partial charge in [0.1, 0.15) is 0 Å². The predicted octanol–water partition coefficient (Wildman–Crippen LogP) is 1.35. The van der Waals surface area contributed by atoms with Crippen molar-refractivity contribution in [3.63, 3.8) is 0 Å². The van der Waals surface area contributed by atoms with Gasteiger partial charge in [-0.05, 0) is 23.0 Å². The van der Waals surface area contributed by atoms with Crippen molar-refractivity contribution in [2.45, 2.75) is 12.5 Å². The van der Waals surface area contributed by atoms with Crippen LogP contribution in [0.2, 0.25) is 0 Å². The van der Waals surface area contributed by atoms with Gasteiger partial charge in [0.2, 0.25) is 0 Å². The van der Waals surface area contributed by atoms with E-state index in [-0.39, 0.29) is 6.04 Å². The number of nitrogens with zero attached hydrogens (tertiary/aromatic N) is 2. The van der Waals surface area contributed by atoms with Crippen LogP contribution in [0.25, 0.3) is 0 Å². The largest absolute Gasteiger partial charge is 0.271 e. The van der Waals surface area contributed by atoms with E-state index in [9.17, 15) is 0 Å². The summed E-state index contributed by atoms with van der Waals surface area (Å²) in [5, 5.41) is 5.86. The fourth-order valence-electron chi connectivity index (χ4n) is 1.20. The van der Waals surface area contributed by atoms with E-state index in [1.165, 1.54) is 16.4 Å². The van der Waals surface area contributed by atoms with Crippen LogP contribution in [0.3, 0.4) is 0 Å². The maximum absolute atomic E-state index is 5.49. The molecule has 0 radical (unpaired) electrons. The summed E-state index contributed by atoms with van der Waals surface area (Å²) in [6.07, 6.45) is 2.64. The summed E-state index contributed by atoms with van der Waals surface area (Å²) in [6, 6.07) is 4.26. The Morgan fingerprint density at radius 3 is 3.07 bits per heavy atom. The summed E-state index contributed by atoms with van der Waals surface area (Å²) in [5.74, 6) is 5.49. The predicted molar refractivity (Wildman–Crippen MR) is 58.0 cm³/mol. The first-order valence-electron chi connectivity index (χ1n) is 4.16. The van der Waals surface area contributed by atoms with Crippen molar-refractivity contribution in [2.75, 3.05) is 0 Å². The van der Waals surface area contributed by atoms with E-state index >= 15 is 0 Å². The van der Waals surface area contributed by atoms with Gasteiger partial charge < -0.3 is 0 Å². The van der Waals surface area contributed by atoms with Crippen molar-refractivity contribution in [3.8, 4) is 0 Å². The Balaban J connectivity index is 2.08. The fraction of sp³-hybridized carbons (Fsp3) is 0.250. The molecular formula is C8H10N4S2. The minimum absolute atomic E-state index is 0.119. The van der Waals surface area contributed by atoms with E-state index in [1.807, 2.05) is 6.07 Å². The molecule has 14 heavy (non-hydrogen) atoms. The summed E-state index contributed by atoms with van der Waals surface area (Å²) < 4.78 is 3.82. The molecule has 0 aliphatic carbocycles. The monoisotopic (exact) mass is 226 g/mol. The number of rotatable bonds is 4. The van der Waals surface area contributed by atoms with Crippen LogP contribution in [-0.4, -0.2) is 9.59 Å². The summed E-state index contributed by atoms with van der Waals surface area (Å²) in [5.41, 5.74) is 2.78. The molecule has 0 amide bonds. The molecule has 0 saturated carbocycles. The number of hydrazine groups is 1. The molecule has 3 N–H and O–H groups in total. The number of nitrogens with two attached hydrogens (primary N) is 1. The van der Waals surface area contributed by atoms with Crippen molar-refractivity contribution < 1.29 is 0 Å². The Labute approximate surface area is 89.9 Å². The Hall–Kier alpha value is -0.820. The highest BCUT2D eigenvalue weighted by Crippen LogP contribution is 2.21. The van der Waals surface area contributed by atoms with Gasteiger partial charge in [-0.3, -0.25) is 11.3 Å². The molecule has 2 rings (SSSR count). The zero-order chi connectivity index (χ0) is 9.80. The molecule has 0 fully saturated rings. The molecule has 6 heteroatoms. The molecule has 4 nitrogen and oxygen atoms in total. The van der Waals surface area contributed by atoms with Gasteiger partial charge in [-0.15, -0.1) is 16.4 Å². The van der Waals surface area contributed by atoms with Crippen LogP contribution in [0.5, 0.6) is 0 Å². The highest BCUT2D eigenvalue weighted by molar-refractivity contribution is 7.10. The maximum atomic E-state index is 5.49. The Morgan fingerprint density at radius 1 is 1.57 bits per heavy atom. The summed E-state index contributed by atoms with van der Waals surface area (Å²) in [7, 11) is 0. The molecule has 1 unspecified atom stereocenters. The van der Waals surface area contributed by atoms with Crippen molar-refractivity contribution in [3.05, 3.63) is 33.5 Å². The van der Waals surface area contributed by atoms with Crippen LogP contribution in [-0.2, 0) is 6.42 Å². The number of thiophene rings is 1. The first-order chi connectivity index (χ1) is 6.90. The average molecular weight is 226 g/mol. The van der Waals surface area contributed by atoms with Gasteiger partial charge >= 0.3 is 0 Å². The average Bonchev–Trinajstić information content (AvgIpc) is 2.86. The third-order valence-corrected chi connectivity index (χ3v) is 3.58.